The van der Waals surface area contributed by atoms with Gasteiger partial charge in [-0.15, -0.1) is 0 Å². The molecule has 0 aliphatic heterocycles. The second kappa shape index (κ2) is 4.24. The number of hydrogen-bond donors (Lipinski definition) is 2. The summed E-state index contributed by atoms with van der Waals surface area (Å²) in [5, 5.41) is 19.5. The summed E-state index contributed by atoms with van der Waals surface area (Å²) in [7, 11) is 0. The average Bonchev–Trinajstić information content (AvgIpc) is 2.62. The van der Waals surface area contributed by atoms with Crippen LogP contribution in [0, 0.1) is 28.6 Å². The van der Waals surface area contributed by atoms with Crippen molar-refractivity contribution in [3.63, 3.8) is 0 Å². The molecular formula is C15H28O2. The lowest BCUT2D eigenvalue weighted by Crippen LogP contribution is -2.34. The van der Waals surface area contributed by atoms with Gasteiger partial charge in [-0.05, 0) is 61.2 Å². The van der Waals surface area contributed by atoms with E-state index < -0.39 is 0 Å². The first-order chi connectivity index (χ1) is 7.84. The lowest BCUT2D eigenvalue weighted by Gasteiger charge is -2.39. The lowest BCUT2D eigenvalue weighted by atomic mass is 9.67. The SMILES string of the molecule is C[C@@H]1CC[C@H]2C(C)(C)[C@@H](CO)C[C@@]12C[C@@H](C)O. The fraction of sp³-hybridized carbons (Fsp3) is 1.00. The van der Waals surface area contributed by atoms with E-state index in [4.69, 9.17) is 0 Å². The van der Waals surface area contributed by atoms with Crippen LogP contribution in [0.5, 0.6) is 0 Å². The zero-order valence-corrected chi connectivity index (χ0v) is 11.7. The van der Waals surface area contributed by atoms with Crippen molar-refractivity contribution in [3.05, 3.63) is 0 Å². The topological polar surface area (TPSA) is 40.5 Å². The van der Waals surface area contributed by atoms with E-state index in [2.05, 4.69) is 20.8 Å². The third-order valence-corrected chi connectivity index (χ3v) is 6.04. The van der Waals surface area contributed by atoms with E-state index in [0.29, 0.717) is 24.4 Å². The van der Waals surface area contributed by atoms with Crippen LogP contribution in [0.3, 0.4) is 0 Å². The maximum atomic E-state index is 9.84. The Morgan fingerprint density at radius 3 is 2.47 bits per heavy atom. The molecule has 2 fully saturated rings. The van der Waals surface area contributed by atoms with Crippen LogP contribution in [0.1, 0.15) is 53.4 Å². The highest BCUT2D eigenvalue weighted by molar-refractivity contribution is 5.10. The normalized spacial score (nSPS) is 45.9. The van der Waals surface area contributed by atoms with Gasteiger partial charge in [0.05, 0.1) is 6.10 Å². The number of hydrogen-bond acceptors (Lipinski definition) is 2. The maximum Gasteiger partial charge on any atom is 0.0517 e. The Morgan fingerprint density at radius 1 is 1.29 bits per heavy atom. The first kappa shape index (κ1) is 13.4. The average molecular weight is 240 g/mol. The van der Waals surface area contributed by atoms with Gasteiger partial charge in [0.25, 0.3) is 0 Å². The van der Waals surface area contributed by atoms with E-state index in [9.17, 15) is 10.2 Å². The molecule has 0 radical (unpaired) electrons. The molecule has 0 amide bonds. The molecule has 17 heavy (non-hydrogen) atoms. The van der Waals surface area contributed by atoms with Gasteiger partial charge in [0.15, 0.2) is 0 Å². The fourth-order valence-corrected chi connectivity index (χ4v) is 5.07. The minimum atomic E-state index is -0.216. The van der Waals surface area contributed by atoms with Crippen LogP contribution >= 0.6 is 0 Å². The molecule has 2 aliphatic rings. The van der Waals surface area contributed by atoms with Crippen LogP contribution in [-0.4, -0.2) is 22.9 Å². The van der Waals surface area contributed by atoms with Crippen LogP contribution in [0.25, 0.3) is 0 Å². The predicted octanol–water partition coefficient (Wildman–Crippen LogP) is 2.83. The van der Waals surface area contributed by atoms with E-state index >= 15 is 0 Å². The van der Waals surface area contributed by atoms with Crippen molar-refractivity contribution in [2.24, 2.45) is 28.6 Å². The van der Waals surface area contributed by atoms with Crippen molar-refractivity contribution in [1.82, 2.24) is 0 Å². The van der Waals surface area contributed by atoms with Crippen LogP contribution in [0.2, 0.25) is 0 Å². The quantitative estimate of drug-likeness (QED) is 0.796. The molecule has 0 heterocycles. The van der Waals surface area contributed by atoms with Crippen LogP contribution in [0.15, 0.2) is 0 Å². The highest BCUT2D eigenvalue weighted by Crippen LogP contribution is 2.68. The monoisotopic (exact) mass is 240 g/mol. The van der Waals surface area contributed by atoms with Crippen LogP contribution in [-0.2, 0) is 0 Å². The summed E-state index contributed by atoms with van der Waals surface area (Å²) in [5.74, 6) is 1.78. The first-order valence-electron chi connectivity index (χ1n) is 7.13. The molecule has 5 atom stereocenters. The summed E-state index contributed by atoms with van der Waals surface area (Å²) in [6.45, 7) is 9.20. The van der Waals surface area contributed by atoms with E-state index in [1.165, 1.54) is 12.8 Å². The number of rotatable bonds is 3. The molecule has 100 valence electrons. The summed E-state index contributed by atoms with van der Waals surface area (Å²) in [6, 6.07) is 0. The summed E-state index contributed by atoms with van der Waals surface area (Å²) in [4.78, 5) is 0. The zero-order chi connectivity index (χ0) is 12.8. The Hall–Kier alpha value is -0.0800. The Bertz CT molecular complexity index is 285. The van der Waals surface area contributed by atoms with Gasteiger partial charge in [-0.1, -0.05) is 20.8 Å². The molecule has 0 aromatic heterocycles. The standard InChI is InChI=1S/C15H28O2/c1-10-5-6-13-14(3,4)12(9-16)8-15(10,13)7-11(2)17/h10-13,16-17H,5-9H2,1-4H3/t10-,11-,12-,13+,15+/m1/s1. The Morgan fingerprint density at radius 2 is 1.94 bits per heavy atom. The van der Waals surface area contributed by atoms with Crippen molar-refractivity contribution in [2.75, 3.05) is 6.61 Å². The van der Waals surface area contributed by atoms with Crippen molar-refractivity contribution >= 4 is 0 Å². The molecule has 0 spiro atoms. The second-order valence-corrected chi connectivity index (χ2v) is 7.22. The molecular weight excluding hydrogens is 212 g/mol. The van der Waals surface area contributed by atoms with Gasteiger partial charge in [-0.25, -0.2) is 0 Å². The van der Waals surface area contributed by atoms with Crippen LogP contribution < -0.4 is 0 Å². The third kappa shape index (κ3) is 1.84. The Labute approximate surface area is 105 Å². The molecule has 0 unspecified atom stereocenters. The molecule has 0 bridgehead atoms. The summed E-state index contributed by atoms with van der Waals surface area (Å²) in [5.41, 5.74) is 0.513. The van der Waals surface area contributed by atoms with Crippen molar-refractivity contribution < 1.29 is 10.2 Å². The van der Waals surface area contributed by atoms with Gasteiger partial charge < -0.3 is 10.2 Å². The summed E-state index contributed by atoms with van der Waals surface area (Å²) in [6.07, 6.45) is 4.37. The number of fused-ring (bicyclic) bond motifs is 1. The van der Waals surface area contributed by atoms with E-state index in [1.54, 1.807) is 0 Å². The van der Waals surface area contributed by atoms with Gasteiger partial charge in [0, 0.05) is 6.61 Å². The second-order valence-electron chi connectivity index (χ2n) is 7.22. The van der Waals surface area contributed by atoms with Gasteiger partial charge >= 0.3 is 0 Å². The highest BCUT2D eigenvalue weighted by atomic mass is 16.3. The molecule has 2 heteroatoms. The highest BCUT2D eigenvalue weighted by Gasteiger charge is 2.61. The third-order valence-electron chi connectivity index (χ3n) is 6.04. The first-order valence-corrected chi connectivity index (χ1v) is 7.13. The minimum absolute atomic E-state index is 0.216. The molecule has 2 rings (SSSR count). The van der Waals surface area contributed by atoms with E-state index in [0.717, 1.165) is 12.8 Å². The molecule has 0 aromatic carbocycles. The number of aliphatic hydroxyl groups is 2. The smallest absolute Gasteiger partial charge is 0.0517 e. The summed E-state index contributed by atoms with van der Waals surface area (Å²) < 4.78 is 0. The molecule has 2 saturated carbocycles. The largest absolute Gasteiger partial charge is 0.396 e. The molecule has 2 N–H and O–H groups in total. The minimum Gasteiger partial charge on any atom is -0.396 e. The van der Waals surface area contributed by atoms with Gasteiger partial charge in [0.2, 0.25) is 0 Å². The van der Waals surface area contributed by atoms with Gasteiger partial charge in [-0.2, -0.15) is 0 Å². The zero-order valence-electron chi connectivity index (χ0n) is 11.7. The number of aliphatic hydroxyl groups excluding tert-OH is 2. The predicted molar refractivity (Wildman–Crippen MR) is 69.6 cm³/mol. The van der Waals surface area contributed by atoms with Gasteiger partial charge in [0.1, 0.15) is 0 Å². The molecule has 2 aliphatic carbocycles. The Balaban J connectivity index is 2.32. The van der Waals surface area contributed by atoms with E-state index in [-0.39, 0.29) is 16.9 Å². The molecule has 0 saturated heterocycles. The molecule has 0 aromatic rings. The van der Waals surface area contributed by atoms with Crippen LogP contribution in [0.4, 0.5) is 0 Å². The Kier molecular flexibility index (Phi) is 3.33. The van der Waals surface area contributed by atoms with Crippen molar-refractivity contribution in [2.45, 2.75) is 59.5 Å². The fourth-order valence-electron chi connectivity index (χ4n) is 5.07. The molecule has 2 nitrogen and oxygen atoms in total. The van der Waals surface area contributed by atoms with Crippen molar-refractivity contribution in [1.29, 1.82) is 0 Å². The summed E-state index contributed by atoms with van der Waals surface area (Å²) >= 11 is 0. The maximum absolute atomic E-state index is 9.84. The van der Waals surface area contributed by atoms with E-state index in [1.807, 2.05) is 6.92 Å². The van der Waals surface area contributed by atoms with Gasteiger partial charge in [-0.3, -0.25) is 0 Å². The lowest BCUT2D eigenvalue weighted by molar-refractivity contribution is 0.0492. The van der Waals surface area contributed by atoms with Crippen molar-refractivity contribution in [3.8, 4) is 0 Å².